The summed E-state index contributed by atoms with van der Waals surface area (Å²) >= 11 is 0. The number of nitrogens with one attached hydrogen (secondary N) is 1. The normalized spacial score (nSPS) is 40.2. The van der Waals surface area contributed by atoms with E-state index in [1.807, 2.05) is 25.6 Å². The summed E-state index contributed by atoms with van der Waals surface area (Å²) < 4.78 is 0. The first-order chi connectivity index (χ1) is 19.8. The molecule has 42 heavy (non-hydrogen) atoms. The predicted octanol–water partition coefficient (Wildman–Crippen LogP) is 11.2. The zero-order valence-corrected chi connectivity index (χ0v) is 27.7. The van der Waals surface area contributed by atoms with Crippen LogP contribution in [0.3, 0.4) is 0 Å². The van der Waals surface area contributed by atoms with E-state index in [2.05, 4.69) is 88.6 Å². The van der Waals surface area contributed by atoms with E-state index in [-0.39, 0.29) is 7.43 Å². The van der Waals surface area contributed by atoms with Crippen LogP contribution in [0, 0.1) is 52.3 Å². The number of fused-ring (bicyclic) bond motifs is 5. The average Bonchev–Trinajstić information content (AvgIpc) is 3.36. The van der Waals surface area contributed by atoms with E-state index >= 15 is 0 Å². The van der Waals surface area contributed by atoms with Crippen molar-refractivity contribution in [2.24, 2.45) is 52.3 Å². The number of pyridine rings is 1. The van der Waals surface area contributed by atoms with Crippen LogP contribution in [0.4, 0.5) is 0 Å². The van der Waals surface area contributed by atoms with Crippen LogP contribution in [0.25, 0.3) is 5.57 Å². The molecule has 10 atom stereocenters. The summed E-state index contributed by atoms with van der Waals surface area (Å²) in [5.41, 5.74) is 5.57. The predicted molar refractivity (Wildman–Crippen MR) is 185 cm³/mol. The van der Waals surface area contributed by atoms with E-state index in [1.54, 1.807) is 5.57 Å². The second-order valence-electron chi connectivity index (χ2n) is 14.5. The lowest BCUT2D eigenvalue weighted by atomic mass is 9.47. The summed E-state index contributed by atoms with van der Waals surface area (Å²) in [4.78, 5) is 4.46. The average molecular weight is 575 g/mol. The van der Waals surface area contributed by atoms with Gasteiger partial charge in [-0.2, -0.15) is 0 Å². The molecule has 1 N–H and O–H groups in total. The Hall–Kier alpha value is -1.67. The second kappa shape index (κ2) is 14.9. The summed E-state index contributed by atoms with van der Waals surface area (Å²) in [5.74, 6) is 6.02. The third-order valence-corrected chi connectivity index (χ3v) is 12.7. The van der Waals surface area contributed by atoms with Gasteiger partial charge in [0.05, 0.1) is 0 Å². The summed E-state index contributed by atoms with van der Waals surface area (Å²) in [5, 5.41) is 4.11. The monoisotopic (exact) mass is 575 g/mol. The van der Waals surface area contributed by atoms with E-state index in [4.69, 9.17) is 0 Å². The lowest BCUT2D eigenvalue weighted by Gasteiger charge is -2.58. The molecule has 3 saturated carbocycles. The summed E-state index contributed by atoms with van der Waals surface area (Å²) in [7, 11) is 0. The number of hydrogen-bond donors (Lipinski definition) is 1. The quantitative estimate of drug-likeness (QED) is 0.354. The van der Waals surface area contributed by atoms with Crippen molar-refractivity contribution in [3.05, 3.63) is 61.0 Å². The topological polar surface area (TPSA) is 24.9 Å². The molecule has 2 nitrogen and oxygen atoms in total. The van der Waals surface area contributed by atoms with Crippen molar-refractivity contribution in [1.29, 1.82) is 0 Å². The van der Waals surface area contributed by atoms with Crippen molar-refractivity contribution < 1.29 is 0 Å². The van der Waals surface area contributed by atoms with Crippen LogP contribution in [0.2, 0.25) is 0 Å². The zero-order chi connectivity index (χ0) is 29.8. The molecule has 5 aliphatic rings. The first-order valence-corrected chi connectivity index (χ1v) is 17.4. The van der Waals surface area contributed by atoms with Gasteiger partial charge in [-0.25, -0.2) is 0 Å². The molecule has 0 aromatic carbocycles. The molecule has 3 fully saturated rings. The number of aromatic nitrogens is 1. The van der Waals surface area contributed by atoms with Gasteiger partial charge in [0, 0.05) is 18.4 Å². The minimum atomic E-state index is 0. The van der Waals surface area contributed by atoms with Crippen LogP contribution < -0.4 is 5.32 Å². The van der Waals surface area contributed by atoms with Crippen molar-refractivity contribution in [1.82, 2.24) is 10.3 Å². The largest absolute Gasteiger partial charge is 0.313 e. The molecule has 0 spiro atoms. The smallest absolute Gasteiger partial charge is 0.0343 e. The Morgan fingerprint density at radius 2 is 1.69 bits per heavy atom. The highest BCUT2D eigenvalue weighted by atomic mass is 14.9. The first-order valence-electron chi connectivity index (χ1n) is 17.4. The van der Waals surface area contributed by atoms with Crippen LogP contribution in [-0.4, -0.2) is 17.6 Å². The van der Waals surface area contributed by atoms with Crippen LogP contribution >= 0.6 is 0 Å². The number of nitrogens with zero attached hydrogens (tertiary/aromatic N) is 1. The fraction of sp³-hybridized carbons (Fsp3) is 0.725. The summed E-state index contributed by atoms with van der Waals surface area (Å²) in [6, 6.07) is 5.13. The molecule has 236 valence electrons. The van der Waals surface area contributed by atoms with E-state index < -0.39 is 0 Å². The maximum atomic E-state index is 4.46. The highest BCUT2D eigenvalue weighted by molar-refractivity contribution is 5.72. The van der Waals surface area contributed by atoms with Gasteiger partial charge in [-0.1, -0.05) is 86.1 Å². The standard InChI is InChI=1S/C35H52N2.C2H6.C2H4.CH4/c1-6-26-20-33(24(3)18-23(26)2)37-21-25-13-15-34(4)28(19-25)9-10-29-31-12-11-30(27-8-7-17-36-22-27)35(31,5)16-14-32(29)34;2*1-2;/h7-9,11,17,22-26,29,31-33,37H,6,10,12-16,18-21H2,1-5H3;1-2H3;1-2H2;1H4. The molecule has 2 heteroatoms. The van der Waals surface area contributed by atoms with Gasteiger partial charge >= 0.3 is 0 Å². The van der Waals surface area contributed by atoms with E-state index in [0.717, 1.165) is 47.5 Å². The summed E-state index contributed by atoms with van der Waals surface area (Å²) in [6.07, 6.45) is 23.0. The molecule has 6 rings (SSSR count). The minimum Gasteiger partial charge on any atom is -0.313 e. The van der Waals surface area contributed by atoms with Gasteiger partial charge in [0.1, 0.15) is 0 Å². The Morgan fingerprint density at radius 3 is 2.38 bits per heavy atom. The maximum Gasteiger partial charge on any atom is 0.0343 e. The SMILES string of the molecule is C.C=C.CC.CCC1CC(NCC2CCC3(C)C(=CCC4C3CCC3(C)C(c5cccnc5)=CCC43)C2)C(C)CC1C. The lowest BCUT2D eigenvalue weighted by Crippen LogP contribution is -2.50. The van der Waals surface area contributed by atoms with Crippen LogP contribution in [0.1, 0.15) is 126 Å². The molecule has 1 aromatic rings. The Balaban J connectivity index is 0.000000929. The highest BCUT2D eigenvalue weighted by Crippen LogP contribution is 2.66. The molecule has 1 aromatic heterocycles. The van der Waals surface area contributed by atoms with Crippen LogP contribution in [-0.2, 0) is 0 Å². The van der Waals surface area contributed by atoms with E-state index in [0.29, 0.717) is 10.8 Å². The van der Waals surface area contributed by atoms with E-state index in [1.165, 1.54) is 76.3 Å². The van der Waals surface area contributed by atoms with Gasteiger partial charge in [-0.15, -0.1) is 13.2 Å². The first kappa shape index (κ1) is 34.8. The lowest BCUT2D eigenvalue weighted by molar-refractivity contribution is -0.0148. The molecule has 0 saturated heterocycles. The fourth-order valence-corrected chi connectivity index (χ4v) is 10.4. The zero-order valence-electron chi connectivity index (χ0n) is 27.7. The molecular weight excluding hydrogens is 508 g/mol. The molecular formula is C40H66N2. The summed E-state index contributed by atoms with van der Waals surface area (Å²) in [6.45, 7) is 23.9. The molecule has 1 heterocycles. The molecule has 0 bridgehead atoms. The third-order valence-electron chi connectivity index (χ3n) is 12.7. The Bertz CT molecular complexity index is 1040. The third kappa shape index (κ3) is 6.40. The van der Waals surface area contributed by atoms with Gasteiger partial charge < -0.3 is 5.32 Å². The minimum absolute atomic E-state index is 0. The molecule has 5 aliphatic carbocycles. The molecule has 0 aliphatic heterocycles. The second-order valence-corrected chi connectivity index (χ2v) is 14.5. The van der Waals surface area contributed by atoms with Gasteiger partial charge in [0.2, 0.25) is 0 Å². The van der Waals surface area contributed by atoms with Gasteiger partial charge in [-0.3, -0.25) is 4.98 Å². The Kier molecular flexibility index (Phi) is 12.3. The number of hydrogen-bond acceptors (Lipinski definition) is 2. The van der Waals surface area contributed by atoms with Crippen molar-refractivity contribution in [2.45, 2.75) is 126 Å². The van der Waals surface area contributed by atoms with Gasteiger partial charge in [0.25, 0.3) is 0 Å². The van der Waals surface area contributed by atoms with Gasteiger partial charge in [-0.05, 0) is 134 Å². The molecule has 0 radical (unpaired) electrons. The van der Waals surface area contributed by atoms with Crippen molar-refractivity contribution in [3.8, 4) is 0 Å². The van der Waals surface area contributed by atoms with Crippen molar-refractivity contribution in [2.75, 3.05) is 6.54 Å². The van der Waals surface area contributed by atoms with Crippen molar-refractivity contribution >= 4 is 5.57 Å². The Labute approximate surface area is 261 Å². The van der Waals surface area contributed by atoms with Crippen molar-refractivity contribution in [3.63, 3.8) is 0 Å². The van der Waals surface area contributed by atoms with E-state index in [9.17, 15) is 0 Å². The highest BCUT2D eigenvalue weighted by Gasteiger charge is 2.56. The van der Waals surface area contributed by atoms with Crippen LogP contribution in [0.15, 0.2) is 55.4 Å². The maximum absolute atomic E-state index is 4.46. The van der Waals surface area contributed by atoms with Gasteiger partial charge in [0.15, 0.2) is 0 Å². The van der Waals surface area contributed by atoms with Crippen LogP contribution in [0.5, 0.6) is 0 Å². The fourth-order valence-electron chi connectivity index (χ4n) is 10.4. The number of allylic oxidation sites excluding steroid dienone is 4. The Morgan fingerprint density at radius 1 is 0.952 bits per heavy atom. The molecule has 0 amide bonds. The molecule has 10 unspecified atom stereocenters. The number of rotatable bonds is 5.